The van der Waals surface area contributed by atoms with Gasteiger partial charge in [0.1, 0.15) is 12.4 Å². The summed E-state index contributed by atoms with van der Waals surface area (Å²) in [7, 11) is -2.78. The van der Waals surface area contributed by atoms with E-state index in [0.29, 0.717) is 36.0 Å². The molecule has 2 bridgehead atoms. The molecule has 6 rings (SSSR count). The van der Waals surface area contributed by atoms with E-state index in [9.17, 15) is 28.2 Å². The normalized spacial score (nSPS) is 27.8. The molecule has 4 aliphatic rings. The molecule has 0 unspecified atom stereocenters. The van der Waals surface area contributed by atoms with E-state index in [2.05, 4.69) is 9.62 Å². The highest BCUT2D eigenvalue weighted by Crippen LogP contribution is 2.42. The summed E-state index contributed by atoms with van der Waals surface area (Å²) in [4.78, 5) is 31.2. The van der Waals surface area contributed by atoms with Crippen LogP contribution in [0.3, 0.4) is 0 Å². The summed E-state index contributed by atoms with van der Waals surface area (Å²) in [6.07, 6.45) is 7.15. The number of morpholine rings is 1. The molecule has 0 radical (unpaired) electrons. The summed E-state index contributed by atoms with van der Waals surface area (Å²) in [6, 6.07) is 10.6. The zero-order valence-electron chi connectivity index (χ0n) is 28.4. The molecule has 1 saturated carbocycles. The van der Waals surface area contributed by atoms with E-state index in [4.69, 9.17) is 21.1 Å². The highest BCUT2D eigenvalue weighted by molar-refractivity contribution is 7.87. The van der Waals surface area contributed by atoms with Crippen LogP contribution in [0.4, 0.5) is 5.69 Å². The summed E-state index contributed by atoms with van der Waals surface area (Å²) < 4.78 is 41.5. The Bertz CT molecular complexity index is 1700. The van der Waals surface area contributed by atoms with Crippen molar-refractivity contribution in [3.63, 3.8) is 0 Å². The molecule has 3 heterocycles. The maximum absolute atomic E-state index is 14.0. The molecule has 2 amide bonds. The summed E-state index contributed by atoms with van der Waals surface area (Å²) in [6.45, 7) is 2.21. The maximum Gasteiger partial charge on any atom is 0.304 e. The minimum Gasteiger partial charge on any atom is -0.487 e. The number of hydrogen-bond donors (Lipinski definition) is 3. The van der Waals surface area contributed by atoms with E-state index < -0.39 is 40.1 Å². The molecule has 1 saturated heterocycles. The second kappa shape index (κ2) is 15.6. The highest BCUT2D eigenvalue weighted by atomic mass is 35.5. The number of ether oxygens (including phenoxy) is 2. The Balaban J connectivity index is 1.43. The van der Waals surface area contributed by atoms with E-state index in [1.807, 2.05) is 24.3 Å². The fraction of sp³-hybridized carbons (Fsp3) is 0.556. The van der Waals surface area contributed by atoms with Gasteiger partial charge in [0.05, 0.1) is 31.4 Å². The first kappa shape index (κ1) is 36.6. The number of rotatable bonds is 3. The van der Waals surface area contributed by atoms with Gasteiger partial charge in [-0.2, -0.15) is 12.7 Å². The molecule has 12 nitrogen and oxygen atoms in total. The van der Waals surface area contributed by atoms with Crippen molar-refractivity contribution in [2.45, 2.75) is 63.3 Å². The molecule has 3 aliphatic heterocycles. The lowest BCUT2D eigenvalue weighted by Crippen LogP contribution is -2.54. The predicted octanol–water partition coefficient (Wildman–Crippen LogP) is 3.14. The van der Waals surface area contributed by atoms with Gasteiger partial charge >= 0.3 is 10.2 Å². The van der Waals surface area contributed by atoms with E-state index in [1.54, 1.807) is 25.3 Å². The highest BCUT2D eigenvalue weighted by Gasteiger charge is 2.45. The molecule has 2 aromatic rings. The number of aryl methyl sites for hydroxylation is 1. The van der Waals surface area contributed by atoms with Gasteiger partial charge in [0.25, 0.3) is 5.91 Å². The van der Waals surface area contributed by atoms with Crippen molar-refractivity contribution in [2.24, 2.45) is 11.8 Å². The van der Waals surface area contributed by atoms with Gasteiger partial charge in [-0.25, -0.2) is 4.72 Å². The van der Waals surface area contributed by atoms with Gasteiger partial charge in [-0.1, -0.05) is 35.9 Å². The number of carbonyl (C=O) groups excluding carboxylic acids is 2. The quantitative estimate of drug-likeness (QED) is 0.405. The Morgan fingerprint density at radius 2 is 1.84 bits per heavy atom. The van der Waals surface area contributed by atoms with Crippen LogP contribution in [0.15, 0.2) is 48.6 Å². The third-order valence-corrected chi connectivity index (χ3v) is 12.3. The third kappa shape index (κ3) is 8.13. The lowest BCUT2D eigenvalue weighted by atomic mass is 9.70. The van der Waals surface area contributed by atoms with E-state index in [1.165, 1.54) is 11.0 Å². The zero-order valence-corrected chi connectivity index (χ0v) is 30.0. The summed E-state index contributed by atoms with van der Waals surface area (Å²) >= 11 is 6.35. The minimum atomic E-state index is -4.35. The first-order chi connectivity index (χ1) is 23.9. The van der Waals surface area contributed by atoms with E-state index in [0.717, 1.165) is 47.5 Å². The van der Waals surface area contributed by atoms with Crippen LogP contribution in [-0.2, 0) is 43.2 Å². The van der Waals surface area contributed by atoms with Crippen molar-refractivity contribution in [1.82, 2.24) is 13.9 Å². The summed E-state index contributed by atoms with van der Waals surface area (Å²) in [5.41, 5.74) is 0.257. The number of carbonyl (C=O) groups is 2. The summed E-state index contributed by atoms with van der Waals surface area (Å²) in [5.74, 6) is -1.01. The van der Waals surface area contributed by atoms with E-state index >= 15 is 0 Å². The van der Waals surface area contributed by atoms with Gasteiger partial charge in [-0.3, -0.25) is 9.59 Å². The van der Waals surface area contributed by atoms with Crippen LogP contribution in [0.2, 0.25) is 5.02 Å². The minimum absolute atomic E-state index is 0.0492. The van der Waals surface area contributed by atoms with Crippen molar-refractivity contribution in [3.05, 3.63) is 70.3 Å². The van der Waals surface area contributed by atoms with Gasteiger partial charge in [0.15, 0.2) is 5.60 Å². The van der Waals surface area contributed by atoms with E-state index in [-0.39, 0.29) is 56.9 Å². The van der Waals surface area contributed by atoms with Crippen LogP contribution in [0.1, 0.15) is 55.2 Å². The lowest BCUT2D eigenvalue weighted by Gasteiger charge is -2.43. The van der Waals surface area contributed by atoms with Crippen molar-refractivity contribution < 1.29 is 37.7 Å². The van der Waals surface area contributed by atoms with Gasteiger partial charge in [-0.05, 0) is 91.3 Å². The SMILES string of the molecule is CN1CC/C=C/[C@H](O)[C@@H]2CC[C@H]2CN2CCCCc3cc(Cl)ccc3COc3ccc(cc32)[C@@](O)(C(=O)NS(=O)(=O)N2CCOCC2)CC1=O. The zero-order chi connectivity index (χ0) is 35.5. The molecule has 2 fully saturated rings. The molecule has 50 heavy (non-hydrogen) atoms. The number of amides is 2. The molecular weight excluding hydrogens is 684 g/mol. The molecule has 4 atom stereocenters. The fourth-order valence-corrected chi connectivity index (χ4v) is 8.60. The molecule has 14 heteroatoms. The average Bonchev–Trinajstić information content (AvgIpc) is 3.11. The first-order valence-corrected chi connectivity index (χ1v) is 19.3. The second-order valence-electron chi connectivity index (χ2n) is 13.8. The first-order valence-electron chi connectivity index (χ1n) is 17.5. The Kier molecular flexibility index (Phi) is 11.4. The van der Waals surface area contributed by atoms with Crippen LogP contribution in [0.5, 0.6) is 5.75 Å². The maximum atomic E-state index is 14.0. The Morgan fingerprint density at radius 3 is 2.60 bits per heavy atom. The predicted molar refractivity (Wildman–Crippen MR) is 189 cm³/mol. The smallest absolute Gasteiger partial charge is 0.304 e. The molecule has 2 aromatic carbocycles. The molecular formula is C36H47ClN4O8S. The molecule has 272 valence electrons. The van der Waals surface area contributed by atoms with Crippen molar-refractivity contribution >= 4 is 39.3 Å². The van der Waals surface area contributed by atoms with Gasteiger partial charge in [0.2, 0.25) is 5.91 Å². The van der Waals surface area contributed by atoms with Gasteiger partial charge in [-0.15, -0.1) is 0 Å². The monoisotopic (exact) mass is 730 g/mol. The van der Waals surface area contributed by atoms with Crippen LogP contribution < -0.4 is 14.4 Å². The fourth-order valence-electron chi connectivity index (χ4n) is 7.24. The van der Waals surface area contributed by atoms with Crippen LogP contribution in [0, 0.1) is 11.8 Å². The van der Waals surface area contributed by atoms with Crippen LogP contribution in [0.25, 0.3) is 0 Å². The standard InChI is InChI=1S/C36H47ClN4O8S/c1-39-14-4-3-7-32(42)30-12-9-26(30)23-40-15-5-2-6-25-20-29(37)11-8-27(25)24-49-33-13-10-28(21-31(33)40)36(45,22-34(39)43)35(44)38-50(46,47)41-16-18-48-19-17-41/h3,7-8,10-11,13,20-21,26,30,32,42,45H,2,4-6,9,12,14-19,22-24H2,1H3,(H,38,44)/b7-3+/t26-,30+,32-,36+/m0/s1. The number of nitrogens with zero attached hydrogens (tertiary/aromatic N) is 3. The van der Waals surface area contributed by atoms with Crippen molar-refractivity contribution in [2.75, 3.05) is 57.9 Å². The summed E-state index contributed by atoms with van der Waals surface area (Å²) in [5, 5.41) is 24.1. The molecule has 3 N–H and O–H groups in total. The molecule has 0 spiro atoms. The number of aliphatic hydroxyl groups is 2. The number of benzene rings is 2. The lowest BCUT2D eigenvalue weighted by molar-refractivity contribution is -0.148. The number of fused-ring (bicyclic) bond motifs is 3. The molecule has 1 aliphatic carbocycles. The Labute approximate surface area is 299 Å². The number of halogens is 1. The topological polar surface area (TPSA) is 149 Å². The number of anilines is 1. The number of nitrogens with one attached hydrogen (secondary N) is 1. The Hall–Kier alpha value is -3.20. The number of aliphatic hydroxyl groups excluding tert-OH is 1. The Morgan fingerprint density at radius 1 is 1.04 bits per heavy atom. The largest absolute Gasteiger partial charge is 0.487 e. The van der Waals surface area contributed by atoms with Crippen molar-refractivity contribution in [1.29, 1.82) is 0 Å². The molecule has 0 aromatic heterocycles. The number of hydrogen-bond acceptors (Lipinski definition) is 9. The van der Waals surface area contributed by atoms with Crippen LogP contribution in [-0.4, -0.2) is 98.7 Å². The van der Waals surface area contributed by atoms with Gasteiger partial charge in [0, 0.05) is 44.8 Å². The average molecular weight is 731 g/mol. The van der Waals surface area contributed by atoms with Gasteiger partial charge < -0.3 is 29.5 Å². The third-order valence-electron chi connectivity index (χ3n) is 10.5. The van der Waals surface area contributed by atoms with Crippen molar-refractivity contribution in [3.8, 4) is 5.75 Å². The second-order valence-corrected chi connectivity index (χ2v) is 15.9. The van der Waals surface area contributed by atoms with Crippen LogP contribution >= 0.6 is 11.6 Å².